The maximum Gasteiger partial charge on any atom is 0.230 e. The maximum atomic E-state index is 12.1. The van der Waals surface area contributed by atoms with E-state index in [0.717, 1.165) is 16.5 Å². The second-order valence-electron chi connectivity index (χ2n) is 4.74. The molecule has 3 aromatic heterocycles. The van der Waals surface area contributed by atoms with Gasteiger partial charge in [-0.1, -0.05) is 6.07 Å². The van der Waals surface area contributed by atoms with Gasteiger partial charge in [0.2, 0.25) is 5.71 Å². The van der Waals surface area contributed by atoms with E-state index in [1.54, 1.807) is 24.5 Å². The number of pyridine rings is 2. The predicted octanol–water partition coefficient (Wildman–Crippen LogP) is 3.40. The number of rotatable bonds is 1. The first-order chi connectivity index (χ1) is 10.3. The molecule has 0 radical (unpaired) electrons. The molecule has 0 aliphatic heterocycles. The number of hydrogen-bond acceptors (Lipinski definition) is 4. The molecule has 4 rings (SSSR count). The van der Waals surface area contributed by atoms with Crippen molar-refractivity contribution < 1.29 is 4.42 Å². The van der Waals surface area contributed by atoms with Gasteiger partial charge in [-0.05, 0) is 36.4 Å². The van der Waals surface area contributed by atoms with E-state index in [0.29, 0.717) is 16.9 Å². The van der Waals surface area contributed by atoms with Gasteiger partial charge in [-0.2, -0.15) is 0 Å². The Morgan fingerprint density at radius 2 is 1.76 bits per heavy atom. The lowest BCUT2D eigenvalue weighted by atomic mass is 10.1. The second kappa shape index (κ2) is 4.52. The molecule has 4 aromatic rings. The molecule has 0 fully saturated rings. The van der Waals surface area contributed by atoms with Crippen molar-refractivity contribution in [2.45, 2.75) is 0 Å². The highest BCUT2D eigenvalue weighted by atomic mass is 16.3. The first-order valence-corrected chi connectivity index (χ1v) is 6.55. The van der Waals surface area contributed by atoms with Crippen molar-refractivity contribution in [1.82, 2.24) is 9.97 Å². The van der Waals surface area contributed by atoms with Gasteiger partial charge in [0.05, 0.1) is 10.9 Å². The lowest BCUT2D eigenvalue weighted by molar-refractivity contribution is 0.605. The summed E-state index contributed by atoms with van der Waals surface area (Å²) in [6.07, 6.45) is 3.36. The first-order valence-electron chi connectivity index (χ1n) is 6.55. The van der Waals surface area contributed by atoms with Crippen LogP contribution in [0.15, 0.2) is 70.1 Å². The number of benzene rings is 1. The Hall–Kier alpha value is -3.01. The van der Waals surface area contributed by atoms with Gasteiger partial charge in [0.1, 0.15) is 5.76 Å². The Kier molecular flexibility index (Phi) is 2.54. The second-order valence-corrected chi connectivity index (χ2v) is 4.74. The van der Waals surface area contributed by atoms with Crippen LogP contribution in [0.3, 0.4) is 0 Å². The van der Waals surface area contributed by atoms with E-state index in [1.165, 1.54) is 6.07 Å². The zero-order valence-corrected chi connectivity index (χ0v) is 11.0. The molecular formula is C17H10N2O2. The van der Waals surface area contributed by atoms with Crippen LogP contribution in [-0.4, -0.2) is 9.97 Å². The molecule has 0 unspecified atom stereocenters. The predicted molar refractivity (Wildman–Crippen MR) is 81.0 cm³/mol. The zero-order valence-electron chi connectivity index (χ0n) is 11.0. The van der Waals surface area contributed by atoms with Crippen molar-refractivity contribution in [2.24, 2.45) is 0 Å². The van der Waals surface area contributed by atoms with Crippen molar-refractivity contribution in [3.8, 4) is 11.3 Å². The minimum absolute atomic E-state index is 0.0920. The molecule has 4 heteroatoms. The number of fused-ring (bicyclic) bond motifs is 2. The SMILES string of the molecule is O=c1cc(-c2ccc3ncccc3c2)oc2ncccc12. The van der Waals surface area contributed by atoms with Crippen LogP contribution in [0.2, 0.25) is 0 Å². The normalized spacial score (nSPS) is 11.0. The Morgan fingerprint density at radius 1 is 0.905 bits per heavy atom. The molecule has 21 heavy (non-hydrogen) atoms. The summed E-state index contributed by atoms with van der Waals surface area (Å²) in [7, 11) is 0. The van der Waals surface area contributed by atoms with Crippen LogP contribution in [0.1, 0.15) is 0 Å². The summed E-state index contributed by atoms with van der Waals surface area (Å²) in [6.45, 7) is 0. The molecule has 1 aromatic carbocycles. The van der Waals surface area contributed by atoms with E-state index < -0.39 is 0 Å². The molecule has 0 spiro atoms. The fourth-order valence-corrected chi connectivity index (χ4v) is 2.36. The fourth-order valence-electron chi connectivity index (χ4n) is 2.36. The van der Waals surface area contributed by atoms with E-state index in [1.807, 2.05) is 30.3 Å². The van der Waals surface area contributed by atoms with Crippen LogP contribution in [0.5, 0.6) is 0 Å². The van der Waals surface area contributed by atoms with Crippen molar-refractivity contribution >= 4 is 22.0 Å². The van der Waals surface area contributed by atoms with E-state index in [2.05, 4.69) is 9.97 Å². The van der Waals surface area contributed by atoms with Crippen LogP contribution >= 0.6 is 0 Å². The third-order valence-corrected chi connectivity index (χ3v) is 3.39. The summed E-state index contributed by atoms with van der Waals surface area (Å²) >= 11 is 0. The van der Waals surface area contributed by atoms with Gasteiger partial charge in [-0.15, -0.1) is 0 Å². The van der Waals surface area contributed by atoms with Crippen LogP contribution in [0, 0.1) is 0 Å². The molecule has 3 heterocycles. The van der Waals surface area contributed by atoms with Crippen molar-refractivity contribution in [2.75, 3.05) is 0 Å². The molecule has 100 valence electrons. The van der Waals surface area contributed by atoms with E-state index in [9.17, 15) is 4.79 Å². The molecule has 0 aliphatic rings. The summed E-state index contributed by atoms with van der Waals surface area (Å²) in [6, 6.07) is 14.5. The highest BCUT2D eigenvalue weighted by molar-refractivity contribution is 5.84. The topological polar surface area (TPSA) is 56.0 Å². The molecule has 0 bridgehead atoms. The highest BCUT2D eigenvalue weighted by Gasteiger charge is 2.08. The van der Waals surface area contributed by atoms with Crippen molar-refractivity contribution in [1.29, 1.82) is 0 Å². The van der Waals surface area contributed by atoms with E-state index in [-0.39, 0.29) is 5.43 Å². The average molecular weight is 274 g/mol. The smallest absolute Gasteiger partial charge is 0.230 e. The van der Waals surface area contributed by atoms with Crippen LogP contribution in [-0.2, 0) is 0 Å². The molecule has 0 aliphatic carbocycles. The third kappa shape index (κ3) is 1.97. The molecule has 0 N–H and O–H groups in total. The van der Waals surface area contributed by atoms with E-state index >= 15 is 0 Å². The average Bonchev–Trinajstić information content (AvgIpc) is 2.54. The molecule has 0 saturated carbocycles. The van der Waals surface area contributed by atoms with E-state index in [4.69, 9.17) is 4.42 Å². The Morgan fingerprint density at radius 3 is 2.71 bits per heavy atom. The highest BCUT2D eigenvalue weighted by Crippen LogP contribution is 2.24. The minimum atomic E-state index is -0.0920. The summed E-state index contributed by atoms with van der Waals surface area (Å²) in [5.74, 6) is 0.511. The standard InChI is InChI=1S/C17H10N2O2/c20-15-10-16(21-17-13(15)4-2-8-19-17)12-5-6-14-11(9-12)3-1-7-18-14/h1-10H. The summed E-state index contributed by atoms with van der Waals surface area (Å²) in [5, 5.41) is 1.49. The van der Waals surface area contributed by atoms with Gasteiger partial charge < -0.3 is 4.42 Å². The van der Waals surface area contributed by atoms with Gasteiger partial charge in [0.25, 0.3) is 0 Å². The monoisotopic (exact) mass is 274 g/mol. The largest absolute Gasteiger partial charge is 0.437 e. The van der Waals surface area contributed by atoms with Gasteiger partial charge in [0, 0.05) is 29.4 Å². The van der Waals surface area contributed by atoms with Gasteiger partial charge in [-0.25, -0.2) is 4.98 Å². The Balaban J connectivity index is 1.97. The molecule has 0 saturated heterocycles. The Labute approximate surface area is 119 Å². The van der Waals surface area contributed by atoms with Gasteiger partial charge >= 0.3 is 0 Å². The first kappa shape index (κ1) is 11.8. The Bertz CT molecular complexity index is 1020. The number of aromatic nitrogens is 2. The van der Waals surface area contributed by atoms with Crippen molar-refractivity contribution in [3.63, 3.8) is 0 Å². The molecule has 0 atom stereocenters. The summed E-state index contributed by atoms with van der Waals surface area (Å²) in [5.41, 5.74) is 2.00. The van der Waals surface area contributed by atoms with Crippen LogP contribution < -0.4 is 5.43 Å². The fraction of sp³-hybridized carbons (Fsp3) is 0. The molecule has 4 nitrogen and oxygen atoms in total. The molecular weight excluding hydrogens is 264 g/mol. The lowest BCUT2D eigenvalue weighted by Crippen LogP contribution is -2.01. The number of hydrogen-bond donors (Lipinski definition) is 0. The van der Waals surface area contributed by atoms with Crippen LogP contribution in [0.25, 0.3) is 33.3 Å². The van der Waals surface area contributed by atoms with Gasteiger partial charge in [0.15, 0.2) is 5.43 Å². The minimum Gasteiger partial charge on any atom is -0.437 e. The van der Waals surface area contributed by atoms with Crippen LogP contribution in [0.4, 0.5) is 0 Å². The zero-order chi connectivity index (χ0) is 14.2. The third-order valence-electron chi connectivity index (χ3n) is 3.39. The van der Waals surface area contributed by atoms with Gasteiger partial charge in [-0.3, -0.25) is 9.78 Å². The molecule has 0 amide bonds. The van der Waals surface area contributed by atoms with Crippen molar-refractivity contribution in [3.05, 3.63) is 71.1 Å². The summed E-state index contributed by atoms with van der Waals surface area (Å²) < 4.78 is 5.75. The summed E-state index contributed by atoms with van der Waals surface area (Å²) in [4.78, 5) is 20.5. The number of nitrogens with zero attached hydrogens (tertiary/aromatic N) is 2. The lowest BCUT2D eigenvalue weighted by Gasteiger charge is -2.04. The quantitative estimate of drug-likeness (QED) is 0.534. The maximum absolute atomic E-state index is 12.1.